The highest BCUT2D eigenvalue weighted by molar-refractivity contribution is 5.76. The van der Waals surface area contributed by atoms with Crippen LogP contribution in [0.3, 0.4) is 0 Å². The van der Waals surface area contributed by atoms with Gasteiger partial charge in [0.05, 0.1) is 0 Å². The van der Waals surface area contributed by atoms with Crippen LogP contribution in [0.4, 0.5) is 0 Å². The Morgan fingerprint density at radius 1 is 1.11 bits per heavy atom. The van der Waals surface area contributed by atoms with Crippen molar-refractivity contribution in [2.24, 2.45) is 0 Å². The number of piperazine rings is 1. The summed E-state index contributed by atoms with van der Waals surface area (Å²) in [7, 11) is 0. The standard InChI is InChI=1S/C14H25N3O/c18-14(6-3-12-2-1-7-15-12)17-10-8-16(9-11-17)13-4-5-13/h12-13,15H,1-11H2. The lowest BCUT2D eigenvalue weighted by Gasteiger charge is -2.35. The van der Waals surface area contributed by atoms with Gasteiger partial charge in [0, 0.05) is 44.7 Å². The predicted molar refractivity (Wildman–Crippen MR) is 71.4 cm³/mol. The van der Waals surface area contributed by atoms with Crippen molar-refractivity contribution in [1.82, 2.24) is 15.1 Å². The van der Waals surface area contributed by atoms with Crippen molar-refractivity contribution < 1.29 is 4.79 Å². The maximum absolute atomic E-state index is 12.1. The van der Waals surface area contributed by atoms with Gasteiger partial charge >= 0.3 is 0 Å². The van der Waals surface area contributed by atoms with Crippen molar-refractivity contribution in [2.75, 3.05) is 32.7 Å². The highest BCUT2D eigenvalue weighted by atomic mass is 16.2. The second-order valence-corrected chi connectivity index (χ2v) is 5.98. The van der Waals surface area contributed by atoms with Crippen LogP contribution in [0.15, 0.2) is 0 Å². The fourth-order valence-electron chi connectivity index (χ4n) is 3.24. The van der Waals surface area contributed by atoms with Crippen molar-refractivity contribution >= 4 is 5.91 Å². The maximum Gasteiger partial charge on any atom is 0.222 e. The quantitative estimate of drug-likeness (QED) is 0.804. The number of amides is 1. The summed E-state index contributed by atoms with van der Waals surface area (Å²) in [6, 6.07) is 1.45. The third-order valence-corrected chi connectivity index (χ3v) is 4.60. The van der Waals surface area contributed by atoms with Gasteiger partial charge < -0.3 is 10.2 Å². The molecule has 18 heavy (non-hydrogen) atoms. The number of carbonyl (C=O) groups is 1. The molecule has 2 heterocycles. The number of hydrogen-bond acceptors (Lipinski definition) is 3. The average molecular weight is 251 g/mol. The minimum Gasteiger partial charge on any atom is -0.340 e. The molecule has 1 N–H and O–H groups in total. The molecule has 4 nitrogen and oxygen atoms in total. The second kappa shape index (κ2) is 5.57. The van der Waals surface area contributed by atoms with E-state index in [1.54, 1.807) is 0 Å². The van der Waals surface area contributed by atoms with E-state index < -0.39 is 0 Å². The molecule has 1 amide bonds. The molecule has 0 radical (unpaired) electrons. The number of hydrogen-bond donors (Lipinski definition) is 1. The average Bonchev–Trinajstić information content (AvgIpc) is 3.13. The number of carbonyl (C=O) groups excluding carboxylic acids is 1. The Labute approximate surface area is 110 Å². The van der Waals surface area contributed by atoms with Crippen LogP contribution in [0.5, 0.6) is 0 Å². The Kier molecular flexibility index (Phi) is 3.85. The molecule has 3 rings (SSSR count). The first-order valence-electron chi connectivity index (χ1n) is 7.58. The topological polar surface area (TPSA) is 35.6 Å². The molecule has 1 saturated carbocycles. The van der Waals surface area contributed by atoms with Gasteiger partial charge in [-0.05, 0) is 38.6 Å². The van der Waals surface area contributed by atoms with Gasteiger partial charge in [-0.2, -0.15) is 0 Å². The molecule has 0 bridgehead atoms. The molecule has 0 aromatic rings. The zero-order chi connectivity index (χ0) is 12.4. The number of nitrogens with zero attached hydrogens (tertiary/aromatic N) is 2. The van der Waals surface area contributed by atoms with Crippen molar-refractivity contribution in [3.05, 3.63) is 0 Å². The zero-order valence-electron chi connectivity index (χ0n) is 11.2. The Bertz CT molecular complexity index is 289. The van der Waals surface area contributed by atoms with E-state index >= 15 is 0 Å². The minimum atomic E-state index is 0.374. The lowest BCUT2D eigenvalue weighted by Crippen LogP contribution is -2.49. The minimum absolute atomic E-state index is 0.374. The molecular formula is C14H25N3O. The highest BCUT2D eigenvalue weighted by Gasteiger charge is 2.32. The molecule has 2 aliphatic heterocycles. The Balaban J connectivity index is 1.37. The molecule has 1 atom stereocenters. The molecule has 102 valence electrons. The van der Waals surface area contributed by atoms with E-state index in [2.05, 4.69) is 15.1 Å². The lowest BCUT2D eigenvalue weighted by molar-refractivity contribution is -0.133. The van der Waals surface area contributed by atoms with Crippen LogP contribution in [0.1, 0.15) is 38.5 Å². The van der Waals surface area contributed by atoms with Gasteiger partial charge in [-0.25, -0.2) is 0 Å². The Morgan fingerprint density at radius 3 is 2.50 bits per heavy atom. The fourth-order valence-corrected chi connectivity index (χ4v) is 3.24. The maximum atomic E-state index is 12.1. The van der Waals surface area contributed by atoms with E-state index in [1.807, 2.05) is 0 Å². The highest BCUT2D eigenvalue weighted by Crippen LogP contribution is 2.27. The van der Waals surface area contributed by atoms with Crippen LogP contribution in [-0.2, 0) is 4.79 Å². The van der Waals surface area contributed by atoms with Crippen LogP contribution in [-0.4, -0.2) is 60.5 Å². The molecule has 3 fully saturated rings. The fraction of sp³-hybridized carbons (Fsp3) is 0.929. The van der Waals surface area contributed by atoms with Gasteiger partial charge in [-0.3, -0.25) is 9.69 Å². The van der Waals surface area contributed by atoms with Gasteiger partial charge in [0.25, 0.3) is 0 Å². The summed E-state index contributed by atoms with van der Waals surface area (Å²) in [6.45, 7) is 5.23. The van der Waals surface area contributed by atoms with E-state index in [0.29, 0.717) is 11.9 Å². The van der Waals surface area contributed by atoms with E-state index in [4.69, 9.17) is 0 Å². The summed E-state index contributed by atoms with van der Waals surface area (Å²) < 4.78 is 0. The number of rotatable bonds is 4. The molecule has 2 saturated heterocycles. The number of nitrogens with one attached hydrogen (secondary N) is 1. The van der Waals surface area contributed by atoms with E-state index in [9.17, 15) is 4.79 Å². The molecule has 4 heteroatoms. The molecule has 0 aromatic heterocycles. The van der Waals surface area contributed by atoms with Crippen LogP contribution in [0, 0.1) is 0 Å². The summed E-state index contributed by atoms with van der Waals surface area (Å²) in [5.41, 5.74) is 0. The normalized spacial score (nSPS) is 29.8. The van der Waals surface area contributed by atoms with Gasteiger partial charge in [0.2, 0.25) is 5.91 Å². The van der Waals surface area contributed by atoms with Gasteiger partial charge in [-0.15, -0.1) is 0 Å². The molecule has 1 unspecified atom stereocenters. The predicted octanol–water partition coefficient (Wildman–Crippen LogP) is 0.825. The second-order valence-electron chi connectivity index (χ2n) is 5.98. The van der Waals surface area contributed by atoms with Crippen LogP contribution in [0.2, 0.25) is 0 Å². The molecule has 0 aromatic carbocycles. The van der Waals surface area contributed by atoms with Crippen LogP contribution >= 0.6 is 0 Å². The van der Waals surface area contributed by atoms with Crippen LogP contribution in [0.25, 0.3) is 0 Å². The first kappa shape index (κ1) is 12.4. The van der Waals surface area contributed by atoms with E-state index in [-0.39, 0.29) is 0 Å². The molecule has 0 spiro atoms. The third-order valence-electron chi connectivity index (χ3n) is 4.60. The van der Waals surface area contributed by atoms with Crippen molar-refractivity contribution in [3.63, 3.8) is 0 Å². The third kappa shape index (κ3) is 3.04. The molecule has 3 aliphatic rings. The summed E-state index contributed by atoms with van der Waals surface area (Å²) in [5.74, 6) is 0.374. The van der Waals surface area contributed by atoms with Gasteiger partial charge in [-0.1, -0.05) is 0 Å². The Morgan fingerprint density at radius 2 is 1.89 bits per heavy atom. The van der Waals surface area contributed by atoms with Gasteiger partial charge in [0.15, 0.2) is 0 Å². The molecular weight excluding hydrogens is 226 g/mol. The monoisotopic (exact) mass is 251 g/mol. The van der Waals surface area contributed by atoms with E-state index in [1.165, 1.54) is 25.7 Å². The Hall–Kier alpha value is -0.610. The first-order chi connectivity index (χ1) is 8.83. The van der Waals surface area contributed by atoms with Crippen molar-refractivity contribution in [3.8, 4) is 0 Å². The lowest BCUT2D eigenvalue weighted by atomic mass is 10.1. The summed E-state index contributed by atoms with van der Waals surface area (Å²) in [6.07, 6.45) is 7.05. The summed E-state index contributed by atoms with van der Waals surface area (Å²) >= 11 is 0. The smallest absolute Gasteiger partial charge is 0.222 e. The largest absolute Gasteiger partial charge is 0.340 e. The summed E-state index contributed by atoms with van der Waals surface area (Å²) in [4.78, 5) is 16.8. The van der Waals surface area contributed by atoms with Crippen molar-refractivity contribution in [1.29, 1.82) is 0 Å². The van der Waals surface area contributed by atoms with Gasteiger partial charge in [0.1, 0.15) is 0 Å². The van der Waals surface area contributed by atoms with Crippen molar-refractivity contribution in [2.45, 2.75) is 50.6 Å². The zero-order valence-corrected chi connectivity index (χ0v) is 11.2. The van der Waals surface area contributed by atoms with E-state index in [0.717, 1.165) is 51.6 Å². The SMILES string of the molecule is O=C(CCC1CCCN1)N1CCN(C2CC2)CC1. The molecule has 1 aliphatic carbocycles. The first-order valence-corrected chi connectivity index (χ1v) is 7.58. The summed E-state index contributed by atoms with van der Waals surface area (Å²) in [5, 5.41) is 3.47. The van der Waals surface area contributed by atoms with Crippen LogP contribution < -0.4 is 5.32 Å².